The van der Waals surface area contributed by atoms with Crippen molar-refractivity contribution in [2.75, 3.05) is 18.5 Å². The quantitative estimate of drug-likeness (QED) is 0.477. The lowest BCUT2D eigenvalue weighted by molar-refractivity contribution is 0.304. The van der Waals surface area contributed by atoms with Crippen LogP contribution in [0.5, 0.6) is 11.5 Å². The minimum absolute atomic E-state index is 0.684. The van der Waals surface area contributed by atoms with Gasteiger partial charge in [0.1, 0.15) is 11.5 Å². The summed E-state index contributed by atoms with van der Waals surface area (Å²) < 4.78 is 11.3. The molecule has 0 saturated heterocycles. The average molecular weight is 341 g/mol. The highest BCUT2D eigenvalue weighted by Gasteiger charge is 1.99. The van der Waals surface area contributed by atoms with E-state index in [4.69, 9.17) is 9.47 Å². The predicted octanol–water partition coefficient (Wildman–Crippen LogP) is 6.05. The summed E-state index contributed by atoms with van der Waals surface area (Å²) in [6.45, 7) is 6.51. The maximum Gasteiger partial charge on any atom is 0.121 e. The second-order valence-electron chi connectivity index (χ2n) is 6.22. The van der Waals surface area contributed by atoms with Crippen molar-refractivity contribution in [3.8, 4) is 11.5 Å². The summed E-state index contributed by atoms with van der Waals surface area (Å²) in [5.74, 6) is 1.85. The Morgan fingerprint density at radius 2 is 1.60 bits per heavy atom. The molecule has 2 rings (SSSR count). The van der Waals surface area contributed by atoms with Crippen molar-refractivity contribution in [2.24, 2.45) is 0 Å². The smallest absolute Gasteiger partial charge is 0.121 e. The normalized spacial score (nSPS) is 10.5. The lowest BCUT2D eigenvalue weighted by Gasteiger charge is -2.10. The number of hydrogen-bond donors (Lipinski definition) is 1. The fraction of sp³-hybridized carbons (Fsp3) is 0.455. The van der Waals surface area contributed by atoms with E-state index in [0.717, 1.165) is 36.8 Å². The molecule has 3 heteroatoms. The third-order valence-electron chi connectivity index (χ3n) is 4.08. The molecule has 136 valence electrons. The molecular formula is C22H31NO2. The van der Waals surface area contributed by atoms with Crippen molar-refractivity contribution >= 4 is 5.69 Å². The van der Waals surface area contributed by atoms with E-state index in [-0.39, 0.29) is 0 Å². The van der Waals surface area contributed by atoms with Crippen molar-refractivity contribution in [1.29, 1.82) is 0 Å². The van der Waals surface area contributed by atoms with Gasteiger partial charge in [-0.15, -0.1) is 0 Å². The molecule has 0 aliphatic heterocycles. The lowest BCUT2D eigenvalue weighted by Crippen LogP contribution is -2.01. The Bertz CT molecular complexity index is 595. The van der Waals surface area contributed by atoms with Gasteiger partial charge in [-0.3, -0.25) is 0 Å². The van der Waals surface area contributed by atoms with Gasteiger partial charge < -0.3 is 14.8 Å². The van der Waals surface area contributed by atoms with Gasteiger partial charge >= 0.3 is 0 Å². The first-order chi connectivity index (χ1) is 12.3. The first-order valence-electron chi connectivity index (χ1n) is 9.50. The summed E-state index contributed by atoms with van der Waals surface area (Å²) in [4.78, 5) is 0. The van der Waals surface area contributed by atoms with Crippen molar-refractivity contribution in [2.45, 2.75) is 52.5 Å². The summed E-state index contributed by atoms with van der Waals surface area (Å²) in [6, 6.07) is 16.4. The number of ether oxygens (including phenoxy) is 2. The molecule has 3 nitrogen and oxygen atoms in total. The molecule has 0 heterocycles. The van der Waals surface area contributed by atoms with Crippen LogP contribution in [-0.2, 0) is 6.54 Å². The minimum atomic E-state index is 0.684. The summed E-state index contributed by atoms with van der Waals surface area (Å²) in [5, 5.41) is 3.43. The summed E-state index contributed by atoms with van der Waals surface area (Å²) >= 11 is 0. The molecule has 1 N–H and O–H groups in total. The van der Waals surface area contributed by atoms with Crippen LogP contribution in [0, 0.1) is 0 Å². The summed E-state index contributed by atoms with van der Waals surface area (Å²) in [6.07, 6.45) is 6.33. The van der Waals surface area contributed by atoms with Crippen molar-refractivity contribution < 1.29 is 9.47 Å². The second kappa shape index (κ2) is 11.4. The van der Waals surface area contributed by atoms with Crippen LogP contribution < -0.4 is 14.8 Å². The van der Waals surface area contributed by atoms with Crippen LogP contribution in [0.25, 0.3) is 0 Å². The molecule has 0 spiro atoms. The van der Waals surface area contributed by atoms with Crippen LogP contribution in [0.15, 0.2) is 48.5 Å². The van der Waals surface area contributed by atoms with Crippen molar-refractivity contribution in [3.63, 3.8) is 0 Å². The van der Waals surface area contributed by atoms with Crippen LogP contribution in [0.1, 0.15) is 51.5 Å². The predicted molar refractivity (Wildman–Crippen MR) is 106 cm³/mol. The van der Waals surface area contributed by atoms with Crippen LogP contribution in [0.2, 0.25) is 0 Å². The van der Waals surface area contributed by atoms with E-state index in [0.29, 0.717) is 6.61 Å². The molecule has 0 aliphatic carbocycles. The topological polar surface area (TPSA) is 30.5 Å². The van der Waals surface area contributed by atoms with Gasteiger partial charge in [-0.25, -0.2) is 0 Å². The molecule has 0 amide bonds. The van der Waals surface area contributed by atoms with Crippen LogP contribution >= 0.6 is 0 Å². The third-order valence-corrected chi connectivity index (χ3v) is 4.08. The fourth-order valence-corrected chi connectivity index (χ4v) is 2.67. The Kier molecular flexibility index (Phi) is 8.74. The Morgan fingerprint density at radius 1 is 0.800 bits per heavy atom. The highest BCUT2D eigenvalue weighted by Crippen LogP contribution is 2.19. The van der Waals surface area contributed by atoms with E-state index < -0.39 is 0 Å². The maximum atomic E-state index is 5.81. The first-order valence-corrected chi connectivity index (χ1v) is 9.50. The van der Waals surface area contributed by atoms with Gasteiger partial charge in [0.05, 0.1) is 13.2 Å². The number of nitrogens with one attached hydrogen (secondary N) is 1. The molecule has 2 aromatic carbocycles. The number of benzene rings is 2. The fourth-order valence-electron chi connectivity index (χ4n) is 2.67. The highest BCUT2D eigenvalue weighted by atomic mass is 16.5. The van der Waals surface area contributed by atoms with Crippen LogP contribution in [0.4, 0.5) is 5.69 Å². The lowest BCUT2D eigenvalue weighted by atomic mass is 10.2. The van der Waals surface area contributed by atoms with Crippen LogP contribution in [0.3, 0.4) is 0 Å². The van der Waals surface area contributed by atoms with E-state index in [1.807, 2.05) is 25.1 Å². The van der Waals surface area contributed by atoms with E-state index in [9.17, 15) is 0 Å². The maximum absolute atomic E-state index is 5.81. The number of unbranched alkanes of at least 4 members (excludes halogenated alkanes) is 4. The Labute approximate surface area is 152 Å². The number of anilines is 1. The molecule has 2 aromatic rings. The summed E-state index contributed by atoms with van der Waals surface area (Å²) in [7, 11) is 0. The Morgan fingerprint density at radius 3 is 2.36 bits per heavy atom. The Hall–Kier alpha value is -2.16. The summed E-state index contributed by atoms with van der Waals surface area (Å²) in [5.41, 5.74) is 2.30. The second-order valence-corrected chi connectivity index (χ2v) is 6.22. The highest BCUT2D eigenvalue weighted by molar-refractivity contribution is 5.48. The zero-order valence-corrected chi connectivity index (χ0v) is 15.6. The zero-order valence-electron chi connectivity index (χ0n) is 15.6. The van der Waals surface area contributed by atoms with E-state index >= 15 is 0 Å². The molecule has 0 fully saturated rings. The number of hydrogen-bond acceptors (Lipinski definition) is 3. The molecule has 0 atom stereocenters. The van der Waals surface area contributed by atoms with Gasteiger partial charge in [-0.2, -0.15) is 0 Å². The average Bonchev–Trinajstić information content (AvgIpc) is 2.64. The number of rotatable bonds is 12. The van der Waals surface area contributed by atoms with E-state index in [2.05, 4.69) is 42.6 Å². The van der Waals surface area contributed by atoms with Gasteiger partial charge in [-0.05, 0) is 43.2 Å². The molecule has 0 unspecified atom stereocenters. The zero-order chi connectivity index (χ0) is 17.7. The Balaban J connectivity index is 1.72. The molecular weight excluding hydrogens is 310 g/mol. The molecule has 0 aromatic heterocycles. The van der Waals surface area contributed by atoms with Gasteiger partial charge in [-0.1, -0.05) is 50.8 Å². The minimum Gasteiger partial charge on any atom is -0.494 e. The van der Waals surface area contributed by atoms with Gasteiger partial charge in [0.25, 0.3) is 0 Å². The molecule has 0 saturated carbocycles. The largest absolute Gasteiger partial charge is 0.494 e. The van der Waals surface area contributed by atoms with E-state index in [1.54, 1.807) is 0 Å². The van der Waals surface area contributed by atoms with Gasteiger partial charge in [0.2, 0.25) is 0 Å². The standard InChI is InChI=1S/C22H31NO2/c1-3-5-6-7-8-16-25-21-14-12-19(13-15-21)18-23-20-10-9-11-22(17-20)24-4-2/h9-15,17,23H,3-8,16,18H2,1-2H3. The molecule has 0 radical (unpaired) electrons. The van der Waals surface area contributed by atoms with Crippen molar-refractivity contribution in [1.82, 2.24) is 0 Å². The van der Waals surface area contributed by atoms with Crippen LogP contribution in [-0.4, -0.2) is 13.2 Å². The molecule has 0 bridgehead atoms. The van der Waals surface area contributed by atoms with Gasteiger partial charge in [0, 0.05) is 18.3 Å². The van der Waals surface area contributed by atoms with Crippen molar-refractivity contribution in [3.05, 3.63) is 54.1 Å². The molecule has 0 aliphatic rings. The third kappa shape index (κ3) is 7.51. The SMILES string of the molecule is CCCCCCCOc1ccc(CNc2cccc(OCC)c2)cc1. The molecule has 25 heavy (non-hydrogen) atoms. The van der Waals surface area contributed by atoms with E-state index in [1.165, 1.54) is 31.2 Å². The van der Waals surface area contributed by atoms with Gasteiger partial charge in [0.15, 0.2) is 0 Å². The monoisotopic (exact) mass is 341 g/mol. The first kappa shape index (κ1) is 19.2.